The minimum atomic E-state index is -0.801. The smallest absolute Gasteiger partial charge is 0.306 e. The molecule has 1 atom stereocenters. The highest BCUT2D eigenvalue weighted by atomic mass is 16.6. The average molecular weight is 1100 g/mol. The van der Waals surface area contributed by atoms with Crippen LogP contribution in [0.3, 0.4) is 0 Å². The second-order valence-electron chi connectivity index (χ2n) is 22.0. The van der Waals surface area contributed by atoms with Crippen LogP contribution < -0.4 is 0 Å². The topological polar surface area (TPSA) is 78.9 Å². The van der Waals surface area contributed by atoms with Gasteiger partial charge in [-0.1, -0.05) is 297 Å². The van der Waals surface area contributed by atoms with Gasteiger partial charge in [-0.05, 0) is 109 Å². The molecule has 0 saturated carbocycles. The Bertz CT molecular complexity index is 1590. The van der Waals surface area contributed by atoms with Crippen molar-refractivity contribution in [2.45, 2.75) is 322 Å². The molecule has 6 nitrogen and oxygen atoms in total. The molecule has 0 fully saturated rings. The van der Waals surface area contributed by atoms with Gasteiger partial charge in [0.05, 0.1) is 0 Å². The average Bonchev–Trinajstić information content (AvgIpc) is 3.45. The molecule has 0 aliphatic carbocycles. The van der Waals surface area contributed by atoms with Crippen LogP contribution in [0.5, 0.6) is 0 Å². The fourth-order valence-electron chi connectivity index (χ4n) is 9.28. The standard InChI is InChI=1S/C73H124O6/c1-4-7-10-13-16-19-22-25-28-30-32-34-35-36-37-38-39-40-42-43-45-48-51-54-57-60-63-66-72(75)78-69-70(68-77-71(74)65-62-59-56-53-50-47-27-24-21-18-15-12-9-6-3)79-73(76)67-64-61-58-55-52-49-46-44-41-33-31-29-26-23-20-17-14-11-8-5-2/h7,10,16,19,24-25,27-28,32,34,36-37,39-40,43,45,51,54,70H,4-6,8-9,11-15,17-18,20-23,26,29-31,33,35,38,41-42,44,46-50,52-53,55-69H2,1-3H3/b10-7-,19-16-,27-24-,28-25-,34-32-,37-36-,40-39-,45-43-,54-51-. The Labute approximate surface area is 489 Å². The molecule has 0 N–H and O–H groups in total. The fourth-order valence-corrected chi connectivity index (χ4v) is 9.28. The zero-order chi connectivity index (χ0) is 57.1. The summed E-state index contributed by atoms with van der Waals surface area (Å²) in [7, 11) is 0. The van der Waals surface area contributed by atoms with Crippen LogP contribution in [0.1, 0.15) is 316 Å². The molecule has 79 heavy (non-hydrogen) atoms. The molecule has 0 rings (SSSR count). The quantitative estimate of drug-likeness (QED) is 0.0261. The van der Waals surface area contributed by atoms with Crippen molar-refractivity contribution in [1.29, 1.82) is 0 Å². The van der Waals surface area contributed by atoms with E-state index in [1.807, 2.05) is 0 Å². The third-order valence-electron chi connectivity index (χ3n) is 14.3. The first-order valence-corrected chi connectivity index (χ1v) is 33.4. The summed E-state index contributed by atoms with van der Waals surface area (Å²) in [5.41, 5.74) is 0. The minimum absolute atomic E-state index is 0.0946. The Kier molecular flexibility index (Phi) is 63.3. The molecule has 0 saturated heterocycles. The lowest BCUT2D eigenvalue weighted by Gasteiger charge is -2.18. The van der Waals surface area contributed by atoms with Crippen LogP contribution in [-0.4, -0.2) is 37.2 Å². The highest BCUT2D eigenvalue weighted by molar-refractivity contribution is 5.71. The molecular formula is C73H124O6. The van der Waals surface area contributed by atoms with Crippen molar-refractivity contribution in [3.63, 3.8) is 0 Å². The summed E-state index contributed by atoms with van der Waals surface area (Å²) in [6, 6.07) is 0. The van der Waals surface area contributed by atoms with Gasteiger partial charge >= 0.3 is 17.9 Å². The Morgan fingerprint density at radius 3 is 0.810 bits per heavy atom. The summed E-state index contributed by atoms with van der Waals surface area (Å²) in [5, 5.41) is 0. The lowest BCUT2D eigenvalue weighted by Crippen LogP contribution is -2.30. The van der Waals surface area contributed by atoms with Gasteiger partial charge in [0.1, 0.15) is 13.2 Å². The summed E-state index contributed by atoms with van der Waals surface area (Å²) < 4.78 is 16.9. The highest BCUT2D eigenvalue weighted by Crippen LogP contribution is 2.17. The molecule has 0 spiro atoms. The van der Waals surface area contributed by atoms with E-state index in [2.05, 4.69) is 130 Å². The fraction of sp³-hybridized carbons (Fsp3) is 0.712. The zero-order valence-electron chi connectivity index (χ0n) is 51.9. The Balaban J connectivity index is 4.42. The second-order valence-corrected chi connectivity index (χ2v) is 22.0. The van der Waals surface area contributed by atoms with Crippen molar-refractivity contribution < 1.29 is 28.6 Å². The molecule has 0 amide bonds. The van der Waals surface area contributed by atoms with E-state index in [1.165, 1.54) is 161 Å². The van der Waals surface area contributed by atoms with Gasteiger partial charge in [0.15, 0.2) is 6.10 Å². The van der Waals surface area contributed by atoms with Gasteiger partial charge in [-0.15, -0.1) is 0 Å². The molecule has 0 bridgehead atoms. The van der Waals surface area contributed by atoms with E-state index < -0.39 is 6.10 Å². The molecule has 0 aromatic rings. The number of hydrogen-bond acceptors (Lipinski definition) is 6. The van der Waals surface area contributed by atoms with Crippen molar-refractivity contribution in [2.24, 2.45) is 0 Å². The highest BCUT2D eigenvalue weighted by Gasteiger charge is 2.19. The third kappa shape index (κ3) is 64.8. The lowest BCUT2D eigenvalue weighted by molar-refractivity contribution is -0.167. The summed E-state index contributed by atoms with van der Waals surface area (Å²) in [5.74, 6) is -0.936. The molecule has 1 unspecified atom stereocenters. The molecule has 0 aromatic heterocycles. The molecule has 0 aliphatic rings. The van der Waals surface area contributed by atoms with Gasteiger partial charge in [0.25, 0.3) is 0 Å². The van der Waals surface area contributed by atoms with Crippen molar-refractivity contribution in [3.8, 4) is 0 Å². The summed E-state index contributed by atoms with van der Waals surface area (Å²) >= 11 is 0. The van der Waals surface area contributed by atoms with E-state index in [-0.39, 0.29) is 31.1 Å². The molecule has 0 heterocycles. The second kappa shape index (κ2) is 66.6. The molecule has 452 valence electrons. The van der Waals surface area contributed by atoms with E-state index in [0.29, 0.717) is 19.3 Å². The lowest BCUT2D eigenvalue weighted by atomic mass is 10.0. The Hall–Kier alpha value is -3.93. The number of rotatable bonds is 60. The number of unbranched alkanes of at least 4 members (excludes halogenated alkanes) is 31. The van der Waals surface area contributed by atoms with Crippen LogP contribution in [0.4, 0.5) is 0 Å². The first-order chi connectivity index (χ1) is 39.0. The summed E-state index contributed by atoms with van der Waals surface area (Å²) in [6.07, 6.45) is 91.0. The van der Waals surface area contributed by atoms with Gasteiger partial charge in [0.2, 0.25) is 0 Å². The number of ether oxygens (including phenoxy) is 3. The van der Waals surface area contributed by atoms with Crippen molar-refractivity contribution in [2.75, 3.05) is 13.2 Å². The maximum Gasteiger partial charge on any atom is 0.306 e. The SMILES string of the molecule is CC/C=C\C/C=C\C/C=C\C/C=C\C/C=C\C/C=C\C/C=C\C/C=C\CCCCC(=O)OCC(COC(=O)CCCCCCC/C=C\CCCCCCC)OC(=O)CCCCCCCCCCCCCCCCCCCCCC. The zero-order valence-corrected chi connectivity index (χ0v) is 51.9. The first kappa shape index (κ1) is 75.1. The van der Waals surface area contributed by atoms with E-state index in [1.54, 1.807) is 0 Å². The van der Waals surface area contributed by atoms with Crippen LogP contribution in [-0.2, 0) is 28.6 Å². The molecule has 0 radical (unpaired) electrons. The van der Waals surface area contributed by atoms with Crippen LogP contribution in [0.2, 0.25) is 0 Å². The van der Waals surface area contributed by atoms with E-state index >= 15 is 0 Å². The maximum absolute atomic E-state index is 12.9. The van der Waals surface area contributed by atoms with Crippen LogP contribution >= 0.6 is 0 Å². The predicted molar refractivity (Wildman–Crippen MR) is 343 cm³/mol. The Morgan fingerprint density at radius 2 is 0.494 bits per heavy atom. The predicted octanol–water partition coefficient (Wildman–Crippen LogP) is 23.0. The number of carbonyl (C=O) groups excluding carboxylic acids is 3. The maximum atomic E-state index is 12.9. The normalized spacial score (nSPS) is 12.8. The van der Waals surface area contributed by atoms with Crippen molar-refractivity contribution in [1.82, 2.24) is 0 Å². The summed E-state index contributed by atoms with van der Waals surface area (Å²) in [4.78, 5) is 38.3. The minimum Gasteiger partial charge on any atom is -0.462 e. The van der Waals surface area contributed by atoms with Crippen molar-refractivity contribution >= 4 is 17.9 Å². The van der Waals surface area contributed by atoms with Gasteiger partial charge in [-0.2, -0.15) is 0 Å². The number of hydrogen-bond donors (Lipinski definition) is 0. The number of carbonyl (C=O) groups is 3. The molecule has 6 heteroatoms. The monoisotopic (exact) mass is 1100 g/mol. The molecule has 0 aromatic carbocycles. The summed E-state index contributed by atoms with van der Waals surface area (Å²) in [6.45, 7) is 6.51. The van der Waals surface area contributed by atoms with Gasteiger partial charge in [0, 0.05) is 19.3 Å². The van der Waals surface area contributed by atoms with Gasteiger partial charge in [-0.25, -0.2) is 0 Å². The van der Waals surface area contributed by atoms with E-state index in [9.17, 15) is 14.4 Å². The van der Waals surface area contributed by atoms with Crippen LogP contribution in [0.15, 0.2) is 109 Å². The first-order valence-electron chi connectivity index (χ1n) is 33.4. The third-order valence-corrected chi connectivity index (χ3v) is 14.3. The van der Waals surface area contributed by atoms with Crippen LogP contribution in [0.25, 0.3) is 0 Å². The largest absolute Gasteiger partial charge is 0.462 e. The van der Waals surface area contributed by atoms with Crippen LogP contribution in [0, 0.1) is 0 Å². The number of esters is 3. The van der Waals surface area contributed by atoms with Gasteiger partial charge < -0.3 is 14.2 Å². The number of allylic oxidation sites excluding steroid dienone is 18. The van der Waals surface area contributed by atoms with Gasteiger partial charge in [-0.3, -0.25) is 14.4 Å². The van der Waals surface area contributed by atoms with E-state index in [0.717, 1.165) is 116 Å². The Morgan fingerprint density at radius 1 is 0.266 bits per heavy atom. The van der Waals surface area contributed by atoms with E-state index in [4.69, 9.17) is 14.2 Å². The molecular weight excluding hydrogens is 973 g/mol. The molecule has 0 aliphatic heterocycles. The van der Waals surface area contributed by atoms with Crippen molar-refractivity contribution in [3.05, 3.63) is 109 Å².